The van der Waals surface area contributed by atoms with E-state index >= 15 is 0 Å². The maximum Gasteiger partial charge on any atom is 0.249 e. The van der Waals surface area contributed by atoms with E-state index in [2.05, 4.69) is 0 Å². The van der Waals surface area contributed by atoms with Crippen molar-refractivity contribution in [2.75, 3.05) is 0 Å². The van der Waals surface area contributed by atoms with Crippen molar-refractivity contribution in [1.82, 2.24) is 0 Å². The number of rotatable bonds is 5. The fourth-order valence-electron chi connectivity index (χ4n) is 2.28. The van der Waals surface area contributed by atoms with Gasteiger partial charge in [0.05, 0.1) is 5.75 Å². The van der Waals surface area contributed by atoms with Gasteiger partial charge in [-0.05, 0) is 17.7 Å². The van der Waals surface area contributed by atoms with Crippen LogP contribution in [0.3, 0.4) is 0 Å². The molecule has 1 aliphatic heterocycles. The summed E-state index contributed by atoms with van der Waals surface area (Å²) >= 11 is 4.18. The van der Waals surface area contributed by atoms with Crippen LogP contribution < -0.4 is 5.73 Å². The molecular formula is C17H14ClNO4S. The maximum absolute atomic E-state index is 12.5. The number of hydrogen-bond donors (Lipinski definition) is 1. The smallest absolute Gasteiger partial charge is 0.249 e. The molecule has 0 spiro atoms. The van der Waals surface area contributed by atoms with Crippen LogP contribution in [-0.4, -0.2) is 9.99 Å². The fraction of sp³-hybridized carbons (Fsp3) is 0.118. The predicted molar refractivity (Wildman–Crippen MR) is 90.9 cm³/mol. The summed E-state index contributed by atoms with van der Waals surface area (Å²) in [5.41, 5.74) is 7.11. The molecule has 7 heteroatoms. The number of benzene rings is 2. The van der Waals surface area contributed by atoms with Crippen LogP contribution in [0.2, 0.25) is 5.02 Å². The number of ether oxygens (including phenoxy) is 1. The van der Waals surface area contributed by atoms with E-state index in [1.165, 1.54) is 0 Å². The highest BCUT2D eigenvalue weighted by atomic mass is 35.5. The molecule has 0 saturated carbocycles. The predicted octanol–water partition coefficient (Wildman–Crippen LogP) is 2.99. The Morgan fingerprint density at radius 2 is 1.92 bits per heavy atom. The first-order chi connectivity index (χ1) is 11.5. The van der Waals surface area contributed by atoms with Gasteiger partial charge in [-0.2, -0.15) is 0 Å². The molecule has 124 valence electrons. The fourth-order valence-corrected chi connectivity index (χ4v) is 3.35. The van der Waals surface area contributed by atoms with Crippen molar-refractivity contribution in [1.29, 1.82) is 0 Å². The van der Waals surface area contributed by atoms with E-state index in [-0.39, 0.29) is 17.4 Å². The van der Waals surface area contributed by atoms with Crippen LogP contribution >= 0.6 is 11.6 Å². The van der Waals surface area contributed by atoms with E-state index in [0.717, 1.165) is 5.56 Å². The minimum Gasteiger partial charge on any atom is -0.460 e. The molecular weight excluding hydrogens is 350 g/mol. The minimum atomic E-state index is -1.74. The van der Waals surface area contributed by atoms with Gasteiger partial charge in [-0.15, -0.1) is 0 Å². The zero-order valence-corrected chi connectivity index (χ0v) is 14.0. The molecule has 2 aromatic carbocycles. The van der Waals surface area contributed by atoms with Gasteiger partial charge >= 0.3 is 0 Å². The van der Waals surface area contributed by atoms with Gasteiger partial charge < -0.3 is 14.7 Å². The molecule has 0 radical (unpaired) electrons. The zero-order chi connectivity index (χ0) is 17.1. The van der Waals surface area contributed by atoms with E-state index in [1.807, 2.05) is 30.3 Å². The molecule has 2 aromatic rings. The third-order valence-corrected chi connectivity index (χ3v) is 4.54. The summed E-state index contributed by atoms with van der Waals surface area (Å²) in [4.78, 5) is 12.5. The minimum absolute atomic E-state index is 0.146. The number of ketones is 1. The number of hydrogen-bond acceptors (Lipinski definition) is 5. The van der Waals surface area contributed by atoms with Crippen LogP contribution in [0.4, 0.5) is 0 Å². The highest BCUT2D eigenvalue weighted by Crippen LogP contribution is 2.33. The average Bonchev–Trinajstić information content (AvgIpc) is 2.84. The van der Waals surface area contributed by atoms with Crippen molar-refractivity contribution in [2.45, 2.75) is 11.9 Å². The first-order valence-electron chi connectivity index (χ1n) is 7.11. The lowest BCUT2D eigenvalue weighted by Gasteiger charge is -2.10. The van der Waals surface area contributed by atoms with Crippen LogP contribution in [-0.2, 0) is 30.5 Å². The van der Waals surface area contributed by atoms with Gasteiger partial charge in [0.15, 0.2) is 6.10 Å². The van der Waals surface area contributed by atoms with Gasteiger partial charge in [0.1, 0.15) is 0 Å². The van der Waals surface area contributed by atoms with Gasteiger partial charge in [-0.25, -0.2) is 4.21 Å². The Morgan fingerprint density at radius 1 is 1.17 bits per heavy atom. The Hall–Kier alpha value is -2.31. The van der Waals surface area contributed by atoms with Crippen molar-refractivity contribution in [2.24, 2.45) is 5.73 Å². The Kier molecular flexibility index (Phi) is 4.87. The lowest BCUT2D eigenvalue weighted by molar-refractivity contribution is -0.123. The summed E-state index contributed by atoms with van der Waals surface area (Å²) in [6.07, 6.45) is -0.938. The van der Waals surface area contributed by atoms with Gasteiger partial charge in [-0.3, -0.25) is 4.79 Å². The number of nitrogens with two attached hydrogens (primary N) is 1. The van der Waals surface area contributed by atoms with Crippen LogP contribution in [0, 0.1) is 0 Å². The van der Waals surface area contributed by atoms with Crippen molar-refractivity contribution in [3.8, 4) is 0 Å². The molecule has 1 heterocycles. The molecule has 5 nitrogen and oxygen atoms in total. The summed E-state index contributed by atoms with van der Waals surface area (Å²) in [5.74, 6) is -0.719. The quantitative estimate of drug-likeness (QED) is 0.883. The summed E-state index contributed by atoms with van der Waals surface area (Å²) in [7, 11) is 0. The van der Waals surface area contributed by atoms with E-state index < -0.39 is 23.0 Å². The van der Waals surface area contributed by atoms with Crippen LogP contribution in [0.5, 0.6) is 0 Å². The van der Waals surface area contributed by atoms with Gasteiger partial charge in [0.25, 0.3) is 0 Å². The number of carbonyl (C=O) groups is 1. The highest BCUT2D eigenvalue weighted by molar-refractivity contribution is 7.79. The van der Waals surface area contributed by atoms with E-state index in [0.29, 0.717) is 10.6 Å². The molecule has 0 amide bonds. The Bertz CT molecular complexity index is 822. The zero-order valence-electron chi connectivity index (χ0n) is 12.5. The van der Waals surface area contributed by atoms with Crippen molar-refractivity contribution in [3.63, 3.8) is 0 Å². The number of Topliss-reactive ketones (excluding diaryl/α,β-unsaturated/α-hetero) is 1. The van der Waals surface area contributed by atoms with Crippen LogP contribution in [0.25, 0.3) is 0 Å². The molecule has 0 aliphatic carbocycles. The summed E-state index contributed by atoms with van der Waals surface area (Å²) < 4.78 is 22.7. The molecule has 2 atom stereocenters. The first-order valence-corrected chi connectivity index (χ1v) is 8.73. The summed E-state index contributed by atoms with van der Waals surface area (Å²) in [5, 5.41) is 0.476. The molecule has 0 aromatic heterocycles. The molecule has 2 unspecified atom stereocenters. The third kappa shape index (κ3) is 3.60. The van der Waals surface area contributed by atoms with Crippen molar-refractivity contribution >= 4 is 28.5 Å². The summed E-state index contributed by atoms with van der Waals surface area (Å²) in [6.45, 7) is 0. The number of carbonyl (C=O) groups excluding carboxylic acids is 1. The standard InChI is InChI=1S/C17H14ClNO4S/c18-13-8-4-7-12(9-13)15-14(20)16(17(19)22-15)23-24(21)10-11-5-2-1-3-6-11/h1-9,15H,10,19H2. The topological polar surface area (TPSA) is 78.6 Å². The second kappa shape index (κ2) is 7.07. The Balaban J connectivity index is 1.71. The first kappa shape index (κ1) is 16.5. The molecule has 1 aliphatic rings. The second-order valence-electron chi connectivity index (χ2n) is 5.13. The average molecular weight is 364 g/mol. The van der Waals surface area contributed by atoms with Crippen LogP contribution in [0.1, 0.15) is 17.2 Å². The van der Waals surface area contributed by atoms with Crippen molar-refractivity contribution in [3.05, 3.63) is 82.4 Å². The molecule has 2 N–H and O–H groups in total. The molecule has 0 bridgehead atoms. The molecule has 0 fully saturated rings. The lowest BCUT2D eigenvalue weighted by atomic mass is 10.1. The largest absolute Gasteiger partial charge is 0.460 e. The van der Waals surface area contributed by atoms with Gasteiger partial charge in [-0.1, -0.05) is 54.1 Å². The van der Waals surface area contributed by atoms with E-state index in [4.69, 9.17) is 26.3 Å². The maximum atomic E-state index is 12.5. The highest BCUT2D eigenvalue weighted by Gasteiger charge is 2.38. The lowest BCUT2D eigenvalue weighted by Crippen LogP contribution is -2.13. The second-order valence-corrected chi connectivity index (χ2v) is 6.63. The van der Waals surface area contributed by atoms with E-state index in [9.17, 15) is 9.00 Å². The third-order valence-electron chi connectivity index (χ3n) is 3.39. The SMILES string of the molecule is NC1=C(OS(=O)Cc2ccccc2)C(=O)C(c2cccc(Cl)c2)O1. The van der Waals surface area contributed by atoms with Crippen molar-refractivity contribution < 1.29 is 17.9 Å². The monoisotopic (exact) mass is 363 g/mol. The Labute approximate surface area is 146 Å². The molecule has 24 heavy (non-hydrogen) atoms. The van der Waals surface area contributed by atoms with E-state index in [1.54, 1.807) is 24.3 Å². The van der Waals surface area contributed by atoms with Gasteiger partial charge in [0.2, 0.25) is 28.5 Å². The Morgan fingerprint density at radius 3 is 2.62 bits per heavy atom. The summed E-state index contributed by atoms with van der Waals surface area (Å²) in [6, 6.07) is 15.9. The normalized spacial score (nSPS) is 18.4. The van der Waals surface area contributed by atoms with Gasteiger partial charge in [0, 0.05) is 10.6 Å². The molecule has 3 rings (SSSR count). The van der Waals surface area contributed by atoms with Crippen LogP contribution in [0.15, 0.2) is 66.2 Å². The number of halogens is 1. The molecule has 0 saturated heterocycles.